The van der Waals surface area contributed by atoms with Gasteiger partial charge >= 0.3 is 11.7 Å². The Morgan fingerprint density at radius 1 is 1.13 bits per heavy atom. The number of fused-ring (bicyclic) bond motifs is 1. The van der Waals surface area contributed by atoms with Crippen molar-refractivity contribution in [2.24, 2.45) is 7.05 Å². The number of hydrogen-bond donors (Lipinski definition) is 1. The summed E-state index contributed by atoms with van der Waals surface area (Å²) in [6, 6.07) is 8.54. The molecule has 0 spiro atoms. The molecule has 0 aliphatic heterocycles. The van der Waals surface area contributed by atoms with Crippen molar-refractivity contribution in [3.63, 3.8) is 0 Å². The number of pyridine rings is 1. The Kier molecular flexibility index (Phi) is 5.81. The number of amides is 1. The quantitative estimate of drug-likeness (QED) is 0.639. The van der Waals surface area contributed by atoms with Gasteiger partial charge in [0.1, 0.15) is 12.2 Å². The highest BCUT2D eigenvalue weighted by Crippen LogP contribution is 2.15. The van der Waals surface area contributed by atoms with Crippen molar-refractivity contribution in [3.8, 4) is 0 Å². The molecule has 0 fully saturated rings. The van der Waals surface area contributed by atoms with Crippen LogP contribution in [0.15, 0.2) is 39.9 Å². The number of rotatable bonds is 5. The van der Waals surface area contributed by atoms with E-state index in [1.165, 1.54) is 13.1 Å². The minimum absolute atomic E-state index is 0.00708. The van der Waals surface area contributed by atoms with Gasteiger partial charge < -0.3 is 10.1 Å². The van der Waals surface area contributed by atoms with Gasteiger partial charge in [-0.15, -0.1) is 0 Å². The van der Waals surface area contributed by atoms with Crippen molar-refractivity contribution in [3.05, 3.63) is 68.0 Å². The van der Waals surface area contributed by atoms with Gasteiger partial charge in [0, 0.05) is 18.4 Å². The van der Waals surface area contributed by atoms with Crippen LogP contribution in [0, 0.1) is 13.8 Å². The zero-order valence-corrected chi connectivity index (χ0v) is 17.2. The standard InChI is InChI=1S/C21H22N4O5/c1-5-30-20(28)15-10-13(3)22-18-17(15)19(27)25(21(29)24(18)4)11-16(26)23-14-8-6-12(2)7-9-14/h6-10H,5,11H2,1-4H3,(H,23,26). The number of aryl methyl sites for hydroxylation is 3. The fourth-order valence-electron chi connectivity index (χ4n) is 3.09. The number of carbonyl (C=O) groups excluding carboxylic acids is 2. The predicted octanol–water partition coefficient (Wildman–Crippen LogP) is 1.53. The van der Waals surface area contributed by atoms with E-state index in [0.717, 1.165) is 14.7 Å². The molecule has 30 heavy (non-hydrogen) atoms. The summed E-state index contributed by atoms with van der Waals surface area (Å²) in [6.45, 7) is 4.83. The summed E-state index contributed by atoms with van der Waals surface area (Å²) in [5, 5.41) is 2.59. The second kappa shape index (κ2) is 8.32. The number of ether oxygens (including phenoxy) is 1. The minimum Gasteiger partial charge on any atom is -0.462 e. The Bertz CT molecular complexity index is 1260. The normalized spacial score (nSPS) is 10.8. The lowest BCUT2D eigenvalue weighted by atomic mass is 10.1. The highest BCUT2D eigenvalue weighted by Gasteiger charge is 2.22. The molecule has 3 rings (SSSR count). The molecule has 2 heterocycles. The lowest BCUT2D eigenvalue weighted by Gasteiger charge is -2.13. The molecule has 0 atom stereocenters. The van der Waals surface area contributed by atoms with Gasteiger partial charge in [-0.25, -0.2) is 14.6 Å². The van der Waals surface area contributed by atoms with E-state index in [9.17, 15) is 19.2 Å². The molecule has 0 unspecified atom stereocenters. The van der Waals surface area contributed by atoms with Crippen molar-refractivity contribution < 1.29 is 14.3 Å². The first-order chi connectivity index (χ1) is 14.2. The SMILES string of the molecule is CCOC(=O)c1cc(C)nc2c1c(=O)n(CC(=O)Nc1ccc(C)cc1)c(=O)n2C. The van der Waals surface area contributed by atoms with Crippen molar-refractivity contribution >= 4 is 28.6 Å². The Morgan fingerprint density at radius 3 is 2.43 bits per heavy atom. The number of carbonyl (C=O) groups is 2. The number of anilines is 1. The van der Waals surface area contributed by atoms with Crippen molar-refractivity contribution in [1.29, 1.82) is 0 Å². The largest absolute Gasteiger partial charge is 0.462 e. The molecule has 0 aliphatic rings. The molecule has 0 saturated carbocycles. The molecule has 0 radical (unpaired) electrons. The number of nitrogens with zero attached hydrogens (tertiary/aromatic N) is 3. The van der Waals surface area contributed by atoms with Crippen molar-refractivity contribution in [2.75, 3.05) is 11.9 Å². The number of esters is 1. The van der Waals surface area contributed by atoms with E-state index in [-0.39, 0.29) is 23.2 Å². The third-order valence-corrected chi connectivity index (χ3v) is 4.56. The van der Waals surface area contributed by atoms with Gasteiger partial charge in [-0.3, -0.25) is 18.7 Å². The molecule has 156 valence electrons. The molecular formula is C21H22N4O5. The van der Waals surface area contributed by atoms with Crippen LogP contribution < -0.4 is 16.6 Å². The predicted molar refractivity (Wildman–Crippen MR) is 112 cm³/mol. The summed E-state index contributed by atoms with van der Waals surface area (Å²) >= 11 is 0. The van der Waals surface area contributed by atoms with Gasteiger partial charge in [-0.2, -0.15) is 0 Å². The first-order valence-corrected chi connectivity index (χ1v) is 9.37. The molecule has 1 amide bonds. The summed E-state index contributed by atoms with van der Waals surface area (Å²) < 4.78 is 6.97. The van der Waals surface area contributed by atoms with E-state index in [1.54, 1.807) is 26.0 Å². The Morgan fingerprint density at radius 2 is 1.80 bits per heavy atom. The topological polar surface area (TPSA) is 112 Å². The first-order valence-electron chi connectivity index (χ1n) is 9.37. The zero-order chi connectivity index (χ0) is 22.0. The molecular weight excluding hydrogens is 388 g/mol. The van der Waals surface area contributed by atoms with E-state index in [0.29, 0.717) is 11.4 Å². The van der Waals surface area contributed by atoms with Gasteiger partial charge in [0.05, 0.1) is 17.6 Å². The second-order valence-electron chi connectivity index (χ2n) is 6.88. The minimum atomic E-state index is -0.775. The summed E-state index contributed by atoms with van der Waals surface area (Å²) in [6.07, 6.45) is 0. The van der Waals surface area contributed by atoms with Crippen LogP contribution in [-0.2, 0) is 23.1 Å². The van der Waals surface area contributed by atoms with Gasteiger partial charge in [0.15, 0.2) is 0 Å². The second-order valence-corrected chi connectivity index (χ2v) is 6.88. The summed E-state index contributed by atoms with van der Waals surface area (Å²) in [4.78, 5) is 54.9. The summed E-state index contributed by atoms with van der Waals surface area (Å²) in [7, 11) is 1.43. The summed E-state index contributed by atoms with van der Waals surface area (Å²) in [5.41, 5.74) is 0.607. The third kappa shape index (κ3) is 4.00. The molecule has 0 bridgehead atoms. The molecule has 9 heteroatoms. The zero-order valence-electron chi connectivity index (χ0n) is 17.2. The first kappa shape index (κ1) is 21.0. The highest BCUT2D eigenvalue weighted by atomic mass is 16.5. The van der Waals surface area contributed by atoms with Gasteiger partial charge in [0.2, 0.25) is 5.91 Å². The van der Waals surface area contributed by atoms with E-state index in [1.807, 2.05) is 19.1 Å². The average Bonchev–Trinajstić information content (AvgIpc) is 2.70. The van der Waals surface area contributed by atoms with Crippen molar-refractivity contribution in [1.82, 2.24) is 14.1 Å². The van der Waals surface area contributed by atoms with Crippen LogP contribution in [-0.4, -0.2) is 32.6 Å². The van der Waals surface area contributed by atoms with E-state index in [2.05, 4.69) is 10.3 Å². The summed E-state index contributed by atoms with van der Waals surface area (Å²) in [5.74, 6) is -1.24. The number of hydrogen-bond acceptors (Lipinski definition) is 6. The number of benzene rings is 1. The van der Waals surface area contributed by atoms with E-state index in [4.69, 9.17) is 4.74 Å². The third-order valence-electron chi connectivity index (χ3n) is 4.56. The van der Waals surface area contributed by atoms with Crippen LogP contribution in [0.5, 0.6) is 0 Å². The van der Waals surface area contributed by atoms with E-state index >= 15 is 0 Å². The fourth-order valence-corrected chi connectivity index (χ4v) is 3.09. The maximum atomic E-state index is 13.1. The fraction of sp³-hybridized carbons (Fsp3) is 0.286. The average molecular weight is 410 g/mol. The smallest absolute Gasteiger partial charge is 0.339 e. The lowest BCUT2D eigenvalue weighted by Crippen LogP contribution is -2.42. The number of aromatic nitrogens is 3. The maximum absolute atomic E-state index is 13.1. The van der Waals surface area contributed by atoms with Crippen molar-refractivity contribution in [2.45, 2.75) is 27.3 Å². The van der Waals surface area contributed by atoms with Crippen LogP contribution >= 0.6 is 0 Å². The van der Waals surface area contributed by atoms with Crippen LogP contribution in [0.25, 0.3) is 11.0 Å². The molecule has 1 aromatic carbocycles. The van der Waals surface area contributed by atoms with Crippen LogP contribution in [0.2, 0.25) is 0 Å². The van der Waals surface area contributed by atoms with E-state index < -0.39 is 29.7 Å². The monoisotopic (exact) mass is 410 g/mol. The molecule has 1 N–H and O–H groups in total. The maximum Gasteiger partial charge on any atom is 0.339 e. The Hall–Kier alpha value is -3.75. The number of nitrogens with one attached hydrogen (secondary N) is 1. The highest BCUT2D eigenvalue weighted by molar-refractivity contribution is 6.02. The molecule has 3 aromatic rings. The molecule has 0 saturated heterocycles. The van der Waals surface area contributed by atoms with Gasteiger partial charge in [0.25, 0.3) is 5.56 Å². The van der Waals surface area contributed by atoms with Crippen LogP contribution in [0.1, 0.15) is 28.5 Å². The Labute approximate surface area is 171 Å². The van der Waals surface area contributed by atoms with Gasteiger partial charge in [-0.1, -0.05) is 17.7 Å². The molecule has 0 aliphatic carbocycles. The van der Waals surface area contributed by atoms with Gasteiger partial charge in [-0.05, 0) is 39.0 Å². The molecule has 9 nitrogen and oxygen atoms in total. The van der Waals surface area contributed by atoms with Crippen LogP contribution in [0.4, 0.5) is 5.69 Å². The lowest BCUT2D eigenvalue weighted by molar-refractivity contribution is -0.116. The van der Waals surface area contributed by atoms with Crippen LogP contribution in [0.3, 0.4) is 0 Å². The molecule has 2 aromatic heterocycles. The Balaban J connectivity index is 2.10.